The highest BCUT2D eigenvalue weighted by atomic mass is 32.2. The van der Waals surface area contributed by atoms with Crippen LogP contribution in [0.5, 0.6) is 0 Å². The maximum absolute atomic E-state index is 9.42. The molecule has 3 aromatic carbocycles. The van der Waals surface area contributed by atoms with Crippen LogP contribution in [0.4, 0.5) is 0 Å². The van der Waals surface area contributed by atoms with Gasteiger partial charge < -0.3 is 24.9 Å². The topological polar surface area (TPSA) is 95.4 Å². The number of benzene rings is 3. The Hall–Kier alpha value is -3.01. The van der Waals surface area contributed by atoms with E-state index >= 15 is 0 Å². The van der Waals surface area contributed by atoms with E-state index in [2.05, 4.69) is 46.6 Å². The van der Waals surface area contributed by atoms with Crippen molar-refractivity contribution in [2.24, 2.45) is 12.8 Å². The SMILES string of the molecule is Cn1cnnc1SC[C@H]1C[C@@H](c2ccc(CO)cc2)O[C@@H](c2ccc(-c3cccc(CN)c3)cc2)O1. The van der Waals surface area contributed by atoms with E-state index in [-0.39, 0.29) is 18.8 Å². The largest absolute Gasteiger partial charge is 0.392 e. The number of rotatable bonds is 8. The molecule has 3 N–H and O–H groups in total. The lowest BCUT2D eigenvalue weighted by atomic mass is 9.99. The van der Waals surface area contributed by atoms with Crippen LogP contribution in [0, 0.1) is 0 Å². The zero-order valence-electron chi connectivity index (χ0n) is 20.2. The molecule has 5 rings (SSSR count). The van der Waals surface area contributed by atoms with E-state index in [9.17, 15) is 5.11 Å². The van der Waals surface area contributed by atoms with Crippen molar-refractivity contribution in [2.75, 3.05) is 5.75 Å². The Morgan fingerprint density at radius 1 is 0.972 bits per heavy atom. The average molecular weight is 503 g/mol. The molecule has 8 heteroatoms. The van der Waals surface area contributed by atoms with Gasteiger partial charge in [0.15, 0.2) is 11.4 Å². The molecule has 1 fully saturated rings. The fourth-order valence-corrected chi connectivity index (χ4v) is 5.21. The second kappa shape index (κ2) is 11.4. The van der Waals surface area contributed by atoms with E-state index in [1.807, 2.05) is 48.0 Å². The highest BCUT2D eigenvalue weighted by Crippen LogP contribution is 2.39. The van der Waals surface area contributed by atoms with Crippen LogP contribution in [-0.4, -0.2) is 31.7 Å². The summed E-state index contributed by atoms with van der Waals surface area (Å²) in [5, 5.41) is 18.4. The minimum atomic E-state index is -0.490. The monoisotopic (exact) mass is 502 g/mol. The normalized spacial score (nSPS) is 19.9. The lowest BCUT2D eigenvalue weighted by molar-refractivity contribution is -0.245. The van der Waals surface area contributed by atoms with Gasteiger partial charge in [0.1, 0.15) is 6.33 Å². The predicted octanol–water partition coefficient (Wildman–Crippen LogP) is 4.77. The highest BCUT2D eigenvalue weighted by molar-refractivity contribution is 7.99. The summed E-state index contributed by atoms with van der Waals surface area (Å²) < 4.78 is 14.8. The molecule has 0 unspecified atom stereocenters. The molecule has 7 nitrogen and oxygen atoms in total. The smallest absolute Gasteiger partial charge is 0.190 e. The van der Waals surface area contributed by atoms with Crippen molar-refractivity contribution < 1.29 is 14.6 Å². The number of nitrogens with two attached hydrogens (primary N) is 1. The summed E-state index contributed by atoms with van der Waals surface area (Å²) in [7, 11) is 1.94. The zero-order chi connectivity index (χ0) is 24.9. The van der Waals surface area contributed by atoms with Gasteiger partial charge in [-0.3, -0.25) is 0 Å². The molecule has 3 atom stereocenters. The third kappa shape index (κ3) is 5.69. The molecule has 1 aromatic heterocycles. The van der Waals surface area contributed by atoms with E-state index in [1.54, 1.807) is 18.1 Å². The van der Waals surface area contributed by atoms with Gasteiger partial charge in [-0.15, -0.1) is 10.2 Å². The maximum Gasteiger partial charge on any atom is 0.190 e. The quantitative estimate of drug-likeness (QED) is 0.335. The summed E-state index contributed by atoms with van der Waals surface area (Å²) >= 11 is 1.63. The van der Waals surface area contributed by atoms with Crippen molar-refractivity contribution in [1.29, 1.82) is 0 Å². The van der Waals surface area contributed by atoms with E-state index in [4.69, 9.17) is 15.2 Å². The minimum absolute atomic E-state index is 0.0229. The number of hydrogen-bond donors (Lipinski definition) is 2. The summed E-state index contributed by atoms with van der Waals surface area (Å²) in [5.41, 5.74) is 12.1. The summed E-state index contributed by atoms with van der Waals surface area (Å²) in [6.45, 7) is 0.541. The van der Waals surface area contributed by atoms with Crippen molar-refractivity contribution in [2.45, 2.75) is 43.2 Å². The second-order valence-electron chi connectivity index (χ2n) is 8.91. The summed E-state index contributed by atoms with van der Waals surface area (Å²) in [6, 6.07) is 24.5. The van der Waals surface area contributed by atoms with Gasteiger partial charge in [-0.2, -0.15) is 0 Å². The molecule has 1 aliphatic rings. The molecule has 4 aromatic rings. The third-order valence-corrected chi connectivity index (χ3v) is 7.53. The zero-order valence-corrected chi connectivity index (χ0v) is 21.0. The van der Waals surface area contributed by atoms with Gasteiger partial charge in [0.05, 0.1) is 18.8 Å². The van der Waals surface area contributed by atoms with Crippen molar-refractivity contribution >= 4 is 11.8 Å². The molecule has 0 amide bonds. The summed E-state index contributed by atoms with van der Waals surface area (Å²) in [6.07, 6.45) is 1.78. The van der Waals surface area contributed by atoms with Crippen LogP contribution in [0.15, 0.2) is 84.3 Å². The summed E-state index contributed by atoms with van der Waals surface area (Å²) in [5.74, 6) is 0.738. The van der Waals surface area contributed by atoms with Crippen molar-refractivity contribution in [3.63, 3.8) is 0 Å². The molecular formula is C28H30N4O3S. The molecule has 0 saturated carbocycles. The van der Waals surface area contributed by atoms with Crippen molar-refractivity contribution in [3.05, 3.63) is 101 Å². The van der Waals surface area contributed by atoms with Crippen LogP contribution in [0.25, 0.3) is 11.1 Å². The Labute approximate surface area is 215 Å². The molecule has 36 heavy (non-hydrogen) atoms. The molecule has 1 saturated heterocycles. The second-order valence-corrected chi connectivity index (χ2v) is 9.90. The highest BCUT2D eigenvalue weighted by Gasteiger charge is 2.32. The van der Waals surface area contributed by atoms with Gasteiger partial charge in [0.2, 0.25) is 0 Å². The standard InChI is InChI=1S/C28H30N4O3S/c1-32-18-30-31-28(32)36-17-25-14-26(22-7-5-19(16-33)6-8-22)35-27(34-25)23-11-9-21(10-12-23)24-4-2-3-20(13-24)15-29/h2-13,18,25-27,33H,14-17,29H2,1H3/t25-,26+,27+/m1/s1. The minimum Gasteiger partial charge on any atom is -0.392 e. The summed E-state index contributed by atoms with van der Waals surface area (Å²) in [4.78, 5) is 0. The molecule has 0 aliphatic carbocycles. The van der Waals surface area contributed by atoms with E-state index in [1.165, 1.54) is 0 Å². The first-order valence-corrected chi connectivity index (χ1v) is 13.0. The maximum atomic E-state index is 9.42. The molecular weight excluding hydrogens is 472 g/mol. The Morgan fingerprint density at radius 2 is 1.75 bits per heavy atom. The fraction of sp³-hybridized carbons (Fsp3) is 0.286. The number of hydrogen-bond acceptors (Lipinski definition) is 7. The molecule has 186 valence electrons. The Morgan fingerprint density at radius 3 is 2.44 bits per heavy atom. The van der Waals surface area contributed by atoms with E-state index < -0.39 is 6.29 Å². The van der Waals surface area contributed by atoms with Gasteiger partial charge in [0, 0.05) is 31.3 Å². The van der Waals surface area contributed by atoms with Crippen LogP contribution in [0.1, 0.15) is 41.1 Å². The van der Waals surface area contributed by atoms with Gasteiger partial charge in [0.25, 0.3) is 0 Å². The van der Waals surface area contributed by atoms with Gasteiger partial charge in [-0.05, 0) is 33.9 Å². The number of thioether (sulfide) groups is 1. The molecule has 0 radical (unpaired) electrons. The van der Waals surface area contributed by atoms with Gasteiger partial charge >= 0.3 is 0 Å². The predicted molar refractivity (Wildman–Crippen MR) is 140 cm³/mol. The van der Waals surface area contributed by atoms with Crippen LogP contribution in [0.2, 0.25) is 0 Å². The average Bonchev–Trinajstić information content (AvgIpc) is 3.36. The number of aryl methyl sites for hydroxylation is 1. The van der Waals surface area contributed by atoms with Crippen molar-refractivity contribution in [3.8, 4) is 11.1 Å². The number of nitrogens with zero attached hydrogens (tertiary/aromatic N) is 3. The number of aliphatic hydroxyl groups is 1. The lowest BCUT2D eigenvalue weighted by Crippen LogP contribution is -2.31. The van der Waals surface area contributed by atoms with Crippen LogP contribution in [-0.2, 0) is 29.7 Å². The Balaban J connectivity index is 1.36. The molecule has 0 spiro atoms. The van der Waals surface area contributed by atoms with E-state index in [0.29, 0.717) is 6.54 Å². The van der Waals surface area contributed by atoms with E-state index in [0.717, 1.165) is 50.7 Å². The van der Waals surface area contributed by atoms with Gasteiger partial charge in [-0.25, -0.2) is 0 Å². The Kier molecular flexibility index (Phi) is 7.79. The number of aliphatic hydroxyl groups excluding tert-OH is 1. The third-order valence-electron chi connectivity index (χ3n) is 6.36. The fourth-order valence-electron chi connectivity index (χ4n) is 4.30. The van der Waals surface area contributed by atoms with Gasteiger partial charge in [-0.1, -0.05) is 78.5 Å². The number of ether oxygens (including phenoxy) is 2. The van der Waals surface area contributed by atoms with Crippen LogP contribution < -0.4 is 5.73 Å². The lowest BCUT2D eigenvalue weighted by Gasteiger charge is -2.36. The van der Waals surface area contributed by atoms with Crippen LogP contribution >= 0.6 is 11.8 Å². The number of aromatic nitrogens is 3. The first kappa shape index (κ1) is 24.7. The first-order valence-electron chi connectivity index (χ1n) is 12.0. The first-order chi connectivity index (χ1) is 17.6. The van der Waals surface area contributed by atoms with Crippen molar-refractivity contribution in [1.82, 2.24) is 14.8 Å². The molecule has 0 bridgehead atoms. The molecule has 1 aliphatic heterocycles. The Bertz CT molecular complexity index is 1280. The van der Waals surface area contributed by atoms with Crippen LogP contribution in [0.3, 0.4) is 0 Å². The molecule has 2 heterocycles.